The Bertz CT molecular complexity index is 2190. The summed E-state index contributed by atoms with van der Waals surface area (Å²) in [6.07, 6.45) is 0. The molecule has 0 saturated carbocycles. The normalized spacial score (nSPS) is 13.0. The molecule has 0 N–H and O–H groups in total. The van der Waals surface area contributed by atoms with Gasteiger partial charge in [-0.05, 0) is 24.3 Å². The summed E-state index contributed by atoms with van der Waals surface area (Å²) in [5, 5.41) is 10.8. The molecule has 0 aliphatic carbocycles. The second kappa shape index (κ2) is 4.95. The van der Waals surface area contributed by atoms with Gasteiger partial charge in [0.1, 0.15) is 0 Å². The Labute approximate surface area is 182 Å². The molecule has 0 bridgehead atoms. The smallest absolute Gasteiger partial charge is 0.0628 e. The van der Waals surface area contributed by atoms with Crippen molar-refractivity contribution in [2.24, 2.45) is 0 Å². The van der Waals surface area contributed by atoms with Crippen molar-refractivity contribution in [1.82, 2.24) is 8.80 Å². The van der Waals surface area contributed by atoms with E-state index in [1.807, 2.05) is 0 Å². The zero-order valence-corrected chi connectivity index (χ0v) is 17.1. The lowest BCUT2D eigenvalue weighted by Crippen LogP contribution is -1.81. The summed E-state index contributed by atoms with van der Waals surface area (Å²) in [5.41, 5.74) is 7.85. The Morgan fingerprint density at radius 3 is 1.62 bits per heavy atom. The molecule has 0 radical (unpaired) electrons. The Morgan fingerprint density at radius 2 is 0.875 bits per heavy atom. The number of hydrogen-bond acceptors (Lipinski definition) is 0. The van der Waals surface area contributed by atoms with Crippen LogP contribution in [-0.2, 0) is 0 Å². The van der Waals surface area contributed by atoms with Crippen LogP contribution in [0.1, 0.15) is 0 Å². The first-order valence-corrected chi connectivity index (χ1v) is 11.1. The van der Waals surface area contributed by atoms with E-state index < -0.39 is 0 Å². The molecule has 4 aromatic heterocycles. The maximum atomic E-state index is 2.50. The fourth-order valence-corrected chi connectivity index (χ4v) is 6.42. The summed E-state index contributed by atoms with van der Waals surface area (Å²) < 4.78 is 4.97. The van der Waals surface area contributed by atoms with Gasteiger partial charge < -0.3 is 8.80 Å². The van der Waals surface area contributed by atoms with Gasteiger partial charge in [-0.1, -0.05) is 72.8 Å². The van der Waals surface area contributed by atoms with Crippen LogP contribution in [0.2, 0.25) is 0 Å². The summed E-state index contributed by atoms with van der Waals surface area (Å²) in [5.74, 6) is 0. The maximum Gasteiger partial charge on any atom is 0.0628 e. The third kappa shape index (κ3) is 1.49. The number of fused-ring (bicyclic) bond motifs is 13. The minimum absolute atomic E-state index is 1.29. The van der Waals surface area contributed by atoms with E-state index in [1.165, 1.54) is 76.2 Å². The summed E-state index contributed by atoms with van der Waals surface area (Å²) >= 11 is 0. The first-order chi connectivity index (χ1) is 15.9. The third-order valence-electron chi connectivity index (χ3n) is 7.56. The van der Waals surface area contributed by atoms with Crippen LogP contribution in [-0.4, -0.2) is 8.80 Å². The minimum atomic E-state index is 1.29. The highest BCUT2D eigenvalue weighted by molar-refractivity contribution is 6.37. The molecule has 2 nitrogen and oxygen atoms in total. The van der Waals surface area contributed by atoms with Crippen LogP contribution >= 0.6 is 0 Å². The van der Waals surface area contributed by atoms with E-state index in [0.717, 1.165) is 0 Å². The first kappa shape index (κ1) is 15.5. The molecule has 2 heteroatoms. The van der Waals surface area contributed by atoms with Crippen molar-refractivity contribution in [2.75, 3.05) is 0 Å². The molecule has 5 aromatic carbocycles. The molecule has 9 rings (SSSR count). The standard InChI is InChI=1S/C30H16N2/c1-4-13-23-17(8-1)19-11-7-12-21-27-26(32(23)29(19)21)16-22-18-9-2-5-14-24(18)31-25-15-6-3-10-20(25)28(27)30(22)31/h1-16H. The number of benzene rings is 5. The average Bonchev–Trinajstić information content (AvgIpc) is 3.56. The van der Waals surface area contributed by atoms with Crippen LogP contribution in [0.3, 0.4) is 0 Å². The average molecular weight is 404 g/mol. The van der Waals surface area contributed by atoms with E-state index in [4.69, 9.17) is 0 Å². The van der Waals surface area contributed by atoms with Gasteiger partial charge in [0.05, 0.1) is 33.1 Å². The Morgan fingerprint density at radius 1 is 0.344 bits per heavy atom. The quantitative estimate of drug-likeness (QED) is 0.242. The van der Waals surface area contributed by atoms with Gasteiger partial charge in [0.15, 0.2) is 0 Å². The number of hydrogen-bond donors (Lipinski definition) is 0. The van der Waals surface area contributed by atoms with Crippen molar-refractivity contribution >= 4 is 76.2 Å². The largest absolute Gasteiger partial charge is 0.308 e. The van der Waals surface area contributed by atoms with Gasteiger partial charge in [0, 0.05) is 43.1 Å². The van der Waals surface area contributed by atoms with E-state index in [9.17, 15) is 0 Å². The summed E-state index contributed by atoms with van der Waals surface area (Å²) in [7, 11) is 0. The highest BCUT2D eigenvalue weighted by Crippen LogP contribution is 2.47. The Balaban J connectivity index is 1.75. The zero-order chi connectivity index (χ0) is 20.6. The number of rotatable bonds is 0. The molecular formula is C30H16N2. The fraction of sp³-hybridized carbons (Fsp3) is 0. The minimum Gasteiger partial charge on any atom is -0.308 e. The molecule has 146 valence electrons. The molecular weight excluding hydrogens is 388 g/mol. The van der Waals surface area contributed by atoms with E-state index in [1.54, 1.807) is 0 Å². The Hall–Kier alpha value is -4.30. The Kier molecular flexibility index (Phi) is 2.40. The molecule has 32 heavy (non-hydrogen) atoms. The number of nitrogens with zero attached hydrogens (tertiary/aromatic N) is 2. The monoisotopic (exact) mass is 404 g/mol. The summed E-state index contributed by atoms with van der Waals surface area (Å²) in [6.45, 7) is 0. The zero-order valence-electron chi connectivity index (χ0n) is 17.1. The fourth-order valence-electron chi connectivity index (χ4n) is 6.42. The second-order valence-electron chi connectivity index (χ2n) is 8.97. The summed E-state index contributed by atoms with van der Waals surface area (Å²) in [6, 6.07) is 35.7. The van der Waals surface area contributed by atoms with Crippen molar-refractivity contribution in [3.8, 4) is 0 Å². The molecule has 0 spiro atoms. The van der Waals surface area contributed by atoms with E-state index >= 15 is 0 Å². The highest BCUT2D eigenvalue weighted by Gasteiger charge is 2.24. The van der Waals surface area contributed by atoms with Gasteiger partial charge >= 0.3 is 0 Å². The van der Waals surface area contributed by atoms with Crippen molar-refractivity contribution in [2.45, 2.75) is 0 Å². The topological polar surface area (TPSA) is 8.82 Å². The van der Waals surface area contributed by atoms with Gasteiger partial charge in [-0.25, -0.2) is 0 Å². The number of aromatic nitrogens is 2. The third-order valence-corrected chi connectivity index (χ3v) is 7.56. The van der Waals surface area contributed by atoms with E-state index in [2.05, 4.69) is 106 Å². The molecule has 9 aromatic rings. The molecule has 0 atom stereocenters. The lowest BCUT2D eigenvalue weighted by atomic mass is 10.0. The van der Waals surface area contributed by atoms with Crippen molar-refractivity contribution in [3.63, 3.8) is 0 Å². The maximum absolute atomic E-state index is 2.50. The molecule has 0 aliphatic rings. The molecule has 0 saturated heterocycles. The van der Waals surface area contributed by atoms with Gasteiger partial charge in [-0.15, -0.1) is 0 Å². The molecule has 0 unspecified atom stereocenters. The summed E-state index contributed by atoms with van der Waals surface area (Å²) in [4.78, 5) is 0. The lowest BCUT2D eigenvalue weighted by molar-refractivity contribution is 1.37. The predicted molar refractivity (Wildman–Crippen MR) is 136 cm³/mol. The van der Waals surface area contributed by atoms with Crippen LogP contribution in [0.15, 0.2) is 97.1 Å². The van der Waals surface area contributed by atoms with Crippen molar-refractivity contribution in [1.29, 1.82) is 0 Å². The van der Waals surface area contributed by atoms with Gasteiger partial charge in [0.2, 0.25) is 0 Å². The lowest BCUT2D eigenvalue weighted by Gasteiger charge is -2.02. The van der Waals surface area contributed by atoms with Gasteiger partial charge in [-0.3, -0.25) is 0 Å². The van der Waals surface area contributed by atoms with Crippen molar-refractivity contribution in [3.05, 3.63) is 97.1 Å². The van der Waals surface area contributed by atoms with Crippen LogP contribution in [0.4, 0.5) is 0 Å². The van der Waals surface area contributed by atoms with Gasteiger partial charge in [-0.2, -0.15) is 0 Å². The molecule has 4 heterocycles. The molecule has 0 fully saturated rings. The second-order valence-corrected chi connectivity index (χ2v) is 8.97. The van der Waals surface area contributed by atoms with Crippen LogP contribution < -0.4 is 0 Å². The van der Waals surface area contributed by atoms with E-state index in [0.29, 0.717) is 0 Å². The molecule has 0 amide bonds. The van der Waals surface area contributed by atoms with Crippen LogP contribution in [0.5, 0.6) is 0 Å². The van der Waals surface area contributed by atoms with Crippen LogP contribution in [0, 0.1) is 0 Å². The first-order valence-electron chi connectivity index (χ1n) is 11.1. The SMILES string of the molecule is c1ccc2c(c1)c1cccc3c4c5c6ccccc6n6c7ccccc7c(cc4n2c13)c56. The molecule has 0 aliphatic heterocycles. The van der Waals surface area contributed by atoms with E-state index in [-0.39, 0.29) is 0 Å². The van der Waals surface area contributed by atoms with Crippen molar-refractivity contribution < 1.29 is 0 Å². The highest BCUT2D eigenvalue weighted by atomic mass is 14.9. The predicted octanol–water partition coefficient (Wildman–Crippen LogP) is 7.99. The van der Waals surface area contributed by atoms with Crippen LogP contribution in [0.25, 0.3) is 76.2 Å². The number of para-hydroxylation sites is 4. The van der Waals surface area contributed by atoms with Gasteiger partial charge in [0.25, 0.3) is 0 Å².